The number of amides is 1. The van der Waals surface area contributed by atoms with Crippen molar-refractivity contribution in [1.29, 1.82) is 0 Å². The fraction of sp³-hybridized carbons (Fsp3) is 0.250. The fourth-order valence-electron chi connectivity index (χ4n) is 3.19. The van der Waals surface area contributed by atoms with Crippen molar-refractivity contribution in [2.75, 3.05) is 18.6 Å². The summed E-state index contributed by atoms with van der Waals surface area (Å²) in [4.78, 5) is 37.7. The largest absolute Gasteiger partial charge is 0.494 e. The van der Waals surface area contributed by atoms with Crippen LogP contribution in [-0.4, -0.2) is 36.4 Å². The van der Waals surface area contributed by atoms with Crippen LogP contribution < -0.4 is 9.64 Å². The van der Waals surface area contributed by atoms with E-state index in [2.05, 4.69) is 0 Å². The van der Waals surface area contributed by atoms with Crippen LogP contribution in [0.2, 0.25) is 0 Å². The van der Waals surface area contributed by atoms with Gasteiger partial charge in [0.2, 0.25) is 5.91 Å². The topological polar surface area (TPSA) is 83.9 Å². The molecule has 0 saturated carbocycles. The predicted octanol–water partition coefficient (Wildman–Crippen LogP) is 3.01. The van der Waals surface area contributed by atoms with Crippen LogP contribution >= 0.6 is 0 Å². The second kappa shape index (κ2) is 7.57. The molecule has 7 heteroatoms. The number of ketones is 1. The number of hydrogen-bond acceptors (Lipinski definition) is 4. The van der Waals surface area contributed by atoms with Gasteiger partial charge in [0.15, 0.2) is 17.3 Å². The van der Waals surface area contributed by atoms with Crippen molar-refractivity contribution in [3.8, 4) is 5.75 Å². The van der Waals surface area contributed by atoms with Gasteiger partial charge in [-0.15, -0.1) is 0 Å². The van der Waals surface area contributed by atoms with E-state index < -0.39 is 17.7 Å². The number of Topliss-reactive ketones (excluding diaryl/α,β-unsaturated/α-hetero) is 1. The number of hydrogen-bond donors (Lipinski definition) is 1. The molecule has 0 saturated heterocycles. The minimum absolute atomic E-state index is 0.0380. The molecule has 3 rings (SSSR count). The summed E-state index contributed by atoms with van der Waals surface area (Å²) in [5.41, 5.74) is 1.30. The van der Waals surface area contributed by atoms with Gasteiger partial charge in [0.1, 0.15) is 5.92 Å². The number of carboxylic acid groups (broad SMARTS) is 1. The number of para-hydroxylation sites is 1. The number of rotatable bonds is 6. The zero-order valence-corrected chi connectivity index (χ0v) is 14.6. The molecule has 0 aliphatic carbocycles. The van der Waals surface area contributed by atoms with Crippen LogP contribution in [-0.2, 0) is 9.59 Å². The number of carboxylic acids is 1. The van der Waals surface area contributed by atoms with Crippen LogP contribution in [0.4, 0.5) is 10.1 Å². The number of ether oxygens (including phenoxy) is 1. The summed E-state index contributed by atoms with van der Waals surface area (Å²) in [5, 5.41) is 9.36. The van der Waals surface area contributed by atoms with E-state index in [4.69, 9.17) is 4.74 Å². The Hall–Kier alpha value is -3.22. The van der Waals surface area contributed by atoms with Gasteiger partial charge in [0.25, 0.3) is 0 Å². The normalized spacial score (nSPS) is 15.3. The third-order valence-corrected chi connectivity index (χ3v) is 4.61. The Bertz CT molecular complexity index is 911. The van der Waals surface area contributed by atoms with Crippen molar-refractivity contribution in [3.05, 3.63) is 59.4 Å². The zero-order valence-electron chi connectivity index (χ0n) is 14.6. The summed E-state index contributed by atoms with van der Waals surface area (Å²) in [6.45, 7) is 0.0405. The molecule has 1 N–H and O–H groups in total. The highest BCUT2D eigenvalue weighted by atomic mass is 19.1. The molecular formula is C20H18FNO5. The fourth-order valence-corrected chi connectivity index (χ4v) is 3.19. The van der Waals surface area contributed by atoms with Gasteiger partial charge in [0, 0.05) is 30.6 Å². The molecule has 27 heavy (non-hydrogen) atoms. The number of anilines is 1. The molecule has 2 aromatic carbocycles. The minimum Gasteiger partial charge on any atom is -0.494 e. The highest BCUT2D eigenvalue weighted by molar-refractivity contribution is 6.03. The molecule has 1 atom stereocenters. The van der Waals surface area contributed by atoms with Crippen molar-refractivity contribution >= 4 is 23.3 Å². The smallest absolute Gasteiger partial charge is 0.312 e. The number of fused-ring (bicyclic) bond motifs is 1. The van der Waals surface area contributed by atoms with Crippen molar-refractivity contribution in [2.45, 2.75) is 18.8 Å². The molecule has 1 aliphatic heterocycles. The number of methoxy groups -OCH3 is 1. The van der Waals surface area contributed by atoms with Crippen LogP contribution in [0.1, 0.15) is 34.7 Å². The predicted molar refractivity (Wildman–Crippen MR) is 95.7 cm³/mol. The van der Waals surface area contributed by atoms with E-state index in [0.29, 0.717) is 11.3 Å². The average Bonchev–Trinajstić information content (AvgIpc) is 3.06. The SMILES string of the molecule is COc1ccc(C(=O)CCC(=O)N2CC(C(=O)O)c3ccccc32)cc1F. The Morgan fingerprint density at radius 2 is 1.93 bits per heavy atom. The Balaban J connectivity index is 1.69. The highest BCUT2D eigenvalue weighted by Crippen LogP contribution is 2.36. The molecular weight excluding hydrogens is 353 g/mol. The Morgan fingerprint density at radius 1 is 1.19 bits per heavy atom. The summed E-state index contributed by atoms with van der Waals surface area (Å²) >= 11 is 0. The van der Waals surface area contributed by atoms with E-state index in [-0.39, 0.29) is 42.4 Å². The van der Waals surface area contributed by atoms with Crippen molar-refractivity contribution in [2.24, 2.45) is 0 Å². The lowest BCUT2D eigenvalue weighted by Gasteiger charge is -2.17. The summed E-state index contributed by atoms with van der Waals surface area (Å²) in [6, 6.07) is 10.7. The van der Waals surface area contributed by atoms with E-state index in [1.54, 1.807) is 24.3 Å². The summed E-state index contributed by atoms with van der Waals surface area (Å²) in [5.74, 6) is -3.09. The number of carbonyl (C=O) groups excluding carboxylic acids is 2. The van der Waals surface area contributed by atoms with Crippen LogP contribution in [0.3, 0.4) is 0 Å². The van der Waals surface area contributed by atoms with Crippen molar-refractivity contribution < 1.29 is 28.6 Å². The van der Waals surface area contributed by atoms with E-state index in [9.17, 15) is 23.9 Å². The maximum absolute atomic E-state index is 13.7. The third-order valence-electron chi connectivity index (χ3n) is 4.61. The third kappa shape index (κ3) is 3.67. The molecule has 1 amide bonds. The first-order valence-corrected chi connectivity index (χ1v) is 8.41. The summed E-state index contributed by atoms with van der Waals surface area (Å²) in [7, 11) is 1.33. The second-order valence-corrected chi connectivity index (χ2v) is 6.23. The number of nitrogens with zero attached hydrogens (tertiary/aromatic N) is 1. The summed E-state index contributed by atoms with van der Waals surface area (Å²) < 4.78 is 18.5. The van der Waals surface area contributed by atoms with Gasteiger partial charge in [0.05, 0.1) is 7.11 Å². The van der Waals surface area contributed by atoms with Crippen LogP contribution in [0.25, 0.3) is 0 Å². The van der Waals surface area contributed by atoms with Crippen molar-refractivity contribution in [3.63, 3.8) is 0 Å². The first kappa shape index (κ1) is 18.6. The molecule has 1 unspecified atom stereocenters. The van der Waals surface area contributed by atoms with Gasteiger partial charge in [-0.2, -0.15) is 0 Å². The van der Waals surface area contributed by atoms with Crippen LogP contribution in [0.5, 0.6) is 5.75 Å². The molecule has 0 aromatic heterocycles. The maximum atomic E-state index is 13.7. The average molecular weight is 371 g/mol. The Kier molecular flexibility index (Phi) is 5.21. The van der Waals surface area contributed by atoms with Gasteiger partial charge in [-0.3, -0.25) is 14.4 Å². The molecule has 140 valence electrons. The lowest BCUT2D eigenvalue weighted by Crippen LogP contribution is -2.31. The monoisotopic (exact) mass is 371 g/mol. The van der Waals surface area contributed by atoms with Gasteiger partial charge in [-0.1, -0.05) is 18.2 Å². The molecule has 1 aliphatic rings. The molecule has 0 spiro atoms. The number of halogens is 1. The second-order valence-electron chi connectivity index (χ2n) is 6.23. The maximum Gasteiger partial charge on any atom is 0.312 e. The molecule has 0 fully saturated rings. The van der Waals surface area contributed by atoms with Gasteiger partial charge < -0.3 is 14.7 Å². The molecule has 2 aromatic rings. The highest BCUT2D eigenvalue weighted by Gasteiger charge is 2.36. The molecule has 1 heterocycles. The van der Waals surface area contributed by atoms with E-state index in [0.717, 1.165) is 6.07 Å². The van der Waals surface area contributed by atoms with Gasteiger partial charge >= 0.3 is 5.97 Å². The first-order chi connectivity index (χ1) is 12.9. The Labute approximate surface area is 155 Å². The zero-order chi connectivity index (χ0) is 19.6. The molecule has 0 bridgehead atoms. The number of aliphatic carboxylic acids is 1. The Morgan fingerprint density at radius 3 is 2.59 bits per heavy atom. The van der Waals surface area contributed by atoms with E-state index in [1.807, 2.05) is 0 Å². The van der Waals surface area contributed by atoms with Gasteiger partial charge in [-0.05, 0) is 29.8 Å². The van der Waals surface area contributed by atoms with Crippen LogP contribution in [0, 0.1) is 5.82 Å². The van der Waals surface area contributed by atoms with E-state index >= 15 is 0 Å². The summed E-state index contributed by atoms with van der Waals surface area (Å²) in [6.07, 6.45) is -0.186. The van der Waals surface area contributed by atoms with E-state index in [1.165, 1.54) is 24.1 Å². The standard InChI is InChI=1S/C20H18FNO5/c1-27-18-8-6-12(10-15(18)21)17(23)7-9-19(24)22-11-14(20(25)26)13-4-2-3-5-16(13)22/h2-6,8,10,14H,7,9,11H2,1H3,(H,25,26). The van der Waals surface area contributed by atoms with Crippen LogP contribution in [0.15, 0.2) is 42.5 Å². The number of carbonyl (C=O) groups is 3. The molecule has 6 nitrogen and oxygen atoms in total. The lowest BCUT2D eigenvalue weighted by atomic mass is 10.0. The number of benzene rings is 2. The lowest BCUT2D eigenvalue weighted by molar-refractivity contribution is -0.138. The van der Waals surface area contributed by atoms with Crippen molar-refractivity contribution in [1.82, 2.24) is 0 Å². The quantitative estimate of drug-likeness (QED) is 0.789. The first-order valence-electron chi connectivity index (χ1n) is 8.41. The van der Waals surface area contributed by atoms with Gasteiger partial charge in [-0.25, -0.2) is 4.39 Å². The minimum atomic E-state index is -0.998. The molecule has 0 radical (unpaired) electrons.